The van der Waals surface area contributed by atoms with E-state index in [1.165, 1.54) is 0 Å². The van der Waals surface area contributed by atoms with Gasteiger partial charge in [-0.1, -0.05) is 6.92 Å². The van der Waals surface area contributed by atoms with Gasteiger partial charge in [0.2, 0.25) is 11.8 Å². The van der Waals surface area contributed by atoms with Crippen molar-refractivity contribution in [2.45, 2.75) is 25.8 Å². The largest absolute Gasteiger partial charge is 0.357 e. The van der Waals surface area contributed by atoms with Crippen LogP contribution in [0.25, 0.3) is 0 Å². The first-order valence-electron chi connectivity index (χ1n) is 6.38. The molecule has 2 fully saturated rings. The number of amides is 2. The van der Waals surface area contributed by atoms with Gasteiger partial charge in [-0.25, -0.2) is 0 Å². The van der Waals surface area contributed by atoms with Crippen LogP contribution < -0.4 is 10.6 Å². The van der Waals surface area contributed by atoms with Crippen molar-refractivity contribution in [2.75, 3.05) is 26.7 Å². The monoisotopic (exact) mass is 239 g/mol. The van der Waals surface area contributed by atoms with E-state index in [1.54, 1.807) is 11.9 Å². The van der Waals surface area contributed by atoms with E-state index in [4.69, 9.17) is 0 Å². The molecule has 1 unspecified atom stereocenters. The Morgan fingerprint density at radius 2 is 2.12 bits per heavy atom. The molecule has 3 atom stereocenters. The summed E-state index contributed by atoms with van der Waals surface area (Å²) in [7, 11) is 1.63. The normalized spacial score (nSPS) is 32.8. The van der Waals surface area contributed by atoms with Gasteiger partial charge in [0.05, 0.1) is 5.92 Å². The Morgan fingerprint density at radius 3 is 2.71 bits per heavy atom. The van der Waals surface area contributed by atoms with Crippen molar-refractivity contribution in [3.8, 4) is 0 Å². The van der Waals surface area contributed by atoms with E-state index >= 15 is 0 Å². The van der Waals surface area contributed by atoms with Crippen LogP contribution in [0, 0.1) is 11.8 Å². The highest BCUT2D eigenvalue weighted by molar-refractivity contribution is 5.89. The van der Waals surface area contributed by atoms with Crippen molar-refractivity contribution < 1.29 is 9.59 Å². The summed E-state index contributed by atoms with van der Waals surface area (Å²) < 4.78 is 0. The molecule has 0 spiro atoms. The van der Waals surface area contributed by atoms with Crippen LogP contribution in [0.5, 0.6) is 0 Å². The maximum Gasteiger partial charge on any atom is 0.242 e. The van der Waals surface area contributed by atoms with E-state index < -0.39 is 0 Å². The van der Waals surface area contributed by atoms with E-state index in [0.29, 0.717) is 5.92 Å². The van der Waals surface area contributed by atoms with Crippen LogP contribution in [-0.2, 0) is 9.59 Å². The quantitative estimate of drug-likeness (QED) is 0.688. The number of hydrogen-bond donors (Lipinski definition) is 2. The highest BCUT2D eigenvalue weighted by Gasteiger charge is 2.39. The van der Waals surface area contributed by atoms with Crippen molar-refractivity contribution in [1.82, 2.24) is 15.5 Å². The Kier molecular flexibility index (Phi) is 3.66. The van der Waals surface area contributed by atoms with Crippen LogP contribution in [0.15, 0.2) is 0 Å². The number of likely N-dealkylation sites (tertiary alicyclic amines) is 1. The van der Waals surface area contributed by atoms with Crippen LogP contribution in [0.1, 0.15) is 19.8 Å². The van der Waals surface area contributed by atoms with Crippen LogP contribution >= 0.6 is 0 Å². The summed E-state index contributed by atoms with van der Waals surface area (Å²) in [6.45, 7) is 4.46. The topological polar surface area (TPSA) is 61.4 Å². The fourth-order valence-corrected chi connectivity index (χ4v) is 2.82. The maximum atomic E-state index is 12.4. The molecule has 2 heterocycles. The van der Waals surface area contributed by atoms with E-state index in [1.807, 2.05) is 0 Å². The molecule has 0 aromatic heterocycles. The van der Waals surface area contributed by atoms with Gasteiger partial charge in [0.1, 0.15) is 6.04 Å². The second-order valence-electron chi connectivity index (χ2n) is 5.05. The third-order valence-electron chi connectivity index (χ3n) is 3.92. The van der Waals surface area contributed by atoms with Gasteiger partial charge in [0.15, 0.2) is 0 Å². The molecule has 0 bridgehead atoms. The number of nitrogens with one attached hydrogen (secondary N) is 2. The molecular formula is C12H21N3O2. The van der Waals surface area contributed by atoms with Crippen LogP contribution in [0.3, 0.4) is 0 Å². The lowest BCUT2D eigenvalue weighted by molar-refractivity contribution is -0.141. The van der Waals surface area contributed by atoms with Gasteiger partial charge >= 0.3 is 0 Å². The van der Waals surface area contributed by atoms with Crippen LogP contribution in [0.4, 0.5) is 0 Å². The first kappa shape index (κ1) is 12.4. The Hall–Kier alpha value is -1.10. The molecule has 5 heteroatoms. The smallest absolute Gasteiger partial charge is 0.242 e. The lowest BCUT2D eigenvalue weighted by Crippen LogP contribution is -2.48. The minimum atomic E-state index is -0.250. The van der Waals surface area contributed by atoms with Gasteiger partial charge in [-0.05, 0) is 25.3 Å². The fraction of sp³-hybridized carbons (Fsp3) is 0.833. The predicted octanol–water partition coefficient (Wildman–Crippen LogP) is -0.421. The number of nitrogens with zero attached hydrogens (tertiary/aromatic N) is 1. The lowest BCUT2D eigenvalue weighted by atomic mass is 9.96. The third kappa shape index (κ3) is 2.29. The number of carbonyl (C=O) groups is 2. The first-order valence-corrected chi connectivity index (χ1v) is 6.38. The van der Waals surface area contributed by atoms with Crippen molar-refractivity contribution >= 4 is 11.8 Å². The Morgan fingerprint density at radius 1 is 1.35 bits per heavy atom. The standard InChI is InChI=1S/C12H21N3O2/c1-8-6-14-7-9(8)12(17)15-5-3-4-10(15)11(16)13-2/h8-10,14H,3-7H2,1-2H3,(H,13,16)/t8-,9-,10?/m1/s1. The van der Waals surface area contributed by atoms with Gasteiger partial charge < -0.3 is 15.5 Å². The number of carbonyl (C=O) groups excluding carboxylic acids is 2. The summed E-state index contributed by atoms with van der Waals surface area (Å²) in [5.41, 5.74) is 0. The Labute approximate surface area is 102 Å². The zero-order valence-electron chi connectivity index (χ0n) is 10.5. The molecule has 2 aliphatic heterocycles. The lowest BCUT2D eigenvalue weighted by Gasteiger charge is -2.27. The van der Waals surface area contributed by atoms with E-state index in [2.05, 4.69) is 17.6 Å². The molecular weight excluding hydrogens is 218 g/mol. The molecule has 0 aromatic carbocycles. The van der Waals surface area contributed by atoms with Crippen molar-refractivity contribution in [1.29, 1.82) is 0 Å². The van der Waals surface area contributed by atoms with Crippen LogP contribution in [-0.4, -0.2) is 49.4 Å². The van der Waals surface area contributed by atoms with E-state index in [9.17, 15) is 9.59 Å². The highest BCUT2D eigenvalue weighted by atomic mass is 16.2. The molecule has 2 saturated heterocycles. The second-order valence-corrected chi connectivity index (χ2v) is 5.05. The summed E-state index contributed by atoms with van der Waals surface area (Å²) in [6.07, 6.45) is 1.72. The van der Waals surface area contributed by atoms with Gasteiger partial charge in [-0.15, -0.1) is 0 Å². The summed E-state index contributed by atoms with van der Waals surface area (Å²) in [4.78, 5) is 25.9. The third-order valence-corrected chi connectivity index (χ3v) is 3.92. The number of rotatable bonds is 2. The van der Waals surface area contributed by atoms with E-state index in [0.717, 1.165) is 32.5 Å². The minimum absolute atomic E-state index is 0.0329. The van der Waals surface area contributed by atoms with Gasteiger partial charge in [0, 0.05) is 20.1 Å². The molecule has 0 aliphatic carbocycles. The molecule has 2 N–H and O–H groups in total. The van der Waals surface area contributed by atoms with Gasteiger partial charge in [-0.3, -0.25) is 9.59 Å². The summed E-state index contributed by atoms with van der Waals surface area (Å²) >= 11 is 0. The molecule has 0 radical (unpaired) electrons. The SMILES string of the molecule is CNC(=O)C1CCCN1C(=O)[C@@H]1CNC[C@H]1C. The molecule has 2 rings (SSSR count). The molecule has 0 saturated carbocycles. The minimum Gasteiger partial charge on any atom is -0.357 e. The number of hydrogen-bond acceptors (Lipinski definition) is 3. The van der Waals surface area contributed by atoms with E-state index in [-0.39, 0.29) is 23.8 Å². The van der Waals surface area contributed by atoms with Crippen LogP contribution in [0.2, 0.25) is 0 Å². The summed E-state index contributed by atoms with van der Waals surface area (Å²) in [5.74, 6) is 0.525. The summed E-state index contributed by atoms with van der Waals surface area (Å²) in [6, 6.07) is -0.250. The number of likely N-dealkylation sites (N-methyl/N-ethyl adjacent to an activating group) is 1. The molecule has 0 aromatic rings. The second kappa shape index (κ2) is 5.04. The summed E-state index contributed by atoms with van der Waals surface area (Å²) in [5, 5.41) is 5.88. The first-order chi connectivity index (χ1) is 8.15. The molecule has 17 heavy (non-hydrogen) atoms. The predicted molar refractivity (Wildman–Crippen MR) is 64.3 cm³/mol. The zero-order valence-corrected chi connectivity index (χ0v) is 10.5. The van der Waals surface area contributed by atoms with Crippen molar-refractivity contribution in [3.63, 3.8) is 0 Å². The average molecular weight is 239 g/mol. The van der Waals surface area contributed by atoms with Gasteiger partial charge in [-0.2, -0.15) is 0 Å². The average Bonchev–Trinajstić information content (AvgIpc) is 2.95. The molecule has 2 aliphatic rings. The van der Waals surface area contributed by atoms with Crippen molar-refractivity contribution in [3.05, 3.63) is 0 Å². The Balaban J connectivity index is 2.05. The molecule has 2 amide bonds. The zero-order chi connectivity index (χ0) is 12.4. The maximum absolute atomic E-state index is 12.4. The van der Waals surface area contributed by atoms with Crippen molar-refractivity contribution in [2.24, 2.45) is 11.8 Å². The fourth-order valence-electron chi connectivity index (χ4n) is 2.82. The Bertz CT molecular complexity index is 319. The molecule has 5 nitrogen and oxygen atoms in total. The van der Waals surface area contributed by atoms with Gasteiger partial charge in [0.25, 0.3) is 0 Å². The molecule has 96 valence electrons. The highest BCUT2D eigenvalue weighted by Crippen LogP contribution is 2.24.